The molecule has 13 heteroatoms. The van der Waals surface area contributed by atoms with Crippen LogP contribution in [0.25, 0.3) is 27.4 Å². The molecule has 0 bridgehead atoms. The summed E-state index contributed by atoms with van der Waals surface area (Å²) in [6.07, 6.45) is 1.40. The monoisotopic (exact) mass is 699 g/mol. The van der Waals surface area contributed by atoms with Crippen LogP contribution in [0.15, 0.2) is 53.5 Å². The first-order chi connectivity index (χ1) is 24.1. The Balaban J connectivity index is 1.28. The van der Waals surface area contributed by atoms with Gasteiger partial charge in [0.15, 0.2) is 17.3 Å². The molecule has 4 aromatic rings. The number of amides is 3. The highest BCUT2D eigenvalue weighted by atomic mass is 19.1. The van der Waals surface area contributed by atoms with Crippen LogP contribution in [0, 0.1) is 5.82 Å². The summed E-state index contributed by atoms with van der Waals surface area (Å²) in [5.74, 6) is -0.586. The highest BCUT2D eigenvalue weighted by Crippen LogP contribution is 2.49. The Kier molecular flexibility index (Phi) is 8.34. The molecule has 0 radical (unpaired) electrons. The van der Waals surface area contributed by atoms with Crippen molar-refractivity contribution in [1.82, 2.24) is 20.1 Å². The molecule has 4 heterocycles. The summed E-state index contributed by atoms with van der Waals surface area (Å²) in [5.41, 5.74) is -0.996. The molecule has 2 saturated heterocycles. The first-order valence-electron chi connectivity index (χ1n) is 17.2. The number of aromatic nitrogens is 1. The zero-order chi connectivity index (χ0) is 36.4. The van der Waals surface area contributed by atoms with Crippen LogP contribution in [0.4, 0.5) is 19.7 Å². The van der Waals surface area contributed by atoms with Gasteiger partial charge in [0.2, 0.25) is 5.43 Å². The highest BCUT2D eigenvalue weighted by molar-refractivity contribution is 6.03. The molecule has 2 N–H and O–H groups in total. The van der Waals surface area contributed by atoms with E-state index in [2.05, 4.69) is 10.6 Å². The number of carbonyl (C=O) groups is 3. The minimum absolute atomic E-state index is 0.00108. The number of hydrogen-bond acceptors (Lipinski definition) is 8. The molecular weight excluding hydrogens is 657 g/mol. The quantitative estimate of drug-likeness (QED) is 0.226. The van der Waals surface area contributed by atoms with E-state index in [9.17, 15) is 19.2 Å². The van der Waals surface area contributed by atoms with Crippen LogP contribution in [0.3, 0.4) is 0 Å². The number of pyridine rings is 1. The van der Waals surface area contributed by atoms with Crippen LogP contribution >= 0.6 is 0 Å². The molecular formula is C38H42FN5O7. The number of anilines is 1. The van der Waals surface area contributed by atoms with Gasteiger partial charge < -0.3 is 39.2 Å². The smallest absolute Gasteiger partial charge is 0.407 e. The molecule has 51 heavy (non-hydrogen) atoms. The predicted molar refractivity (Wildman–Crippen MR) is 191 cm³/mol. The second-order valence-electron chi connectivity index (χ2n) is 15.4. The molecule has 7 rings (SSSR count). The Morgan fingerprint density at radius 3 is 2.18 bits per heavy atom. The largest absolute Gasteiger partial charge is 0.450 e. The average Bonchev–Trinajstić information content (AvgIpc) is 3.69. The summed E-state index contributed by atoms with van der Waals surface area (Å²) in [5, 5.41) is 7.36. The van der Waals surface area contributed by atoms with Crippen molar-refractivity contribution >= 4 is 45.5 Å². The van der Waals surface area contributed by atoms with E-state index in [1.54, 1.807) is 51.0 Å². The first kappa shape index (κ1) is 34.1. The van der Waals surface area contributed by atoms with Gasteiger partial charge in [-0.3, -0.25) is 9.59 Å². The van der Waals surface area contributed by atoms with Crippen molar-refractivity contribution in [2.75, 3.05) is 31.1 Å². The number of alkyl carbamates (subject to hydrolysis) is 2. The van der Waals surface area contributed by atoms with Gasteiger partial charge in [-0.05, 0) is 71.9 Å². The van der Waals surface area contributed by atoms with Crippen LogP contribution < -0.4 is 25.7 Å². The fraction of sp³-hybridized carbons (Fsp3) is 0.421. The maximum absolute atomic E-state index is 16.5. The van der Waals surface area contributed by atoms with Crippen LogP contribution in [0.2, 0.25) is 0 Å². The number of likely N-dealkylation sites (tertiary alicyclic amines) is 1. The molecule has 3 amide bonds. The van der Waals surface area contributed by atoms with E-state index in [0.29, 0.717) is 42.9 Å². The Morgan fingerprint density at radius 1 is 0.843 bits per heavy atom. The SMILES string of the molecule is CC(C)(C)OC(=O)N[C@@H]1CCN(C(=O)c2cn3c4c(c(N5CC[C@@H](NC(=O)OC(C)(C)C)C5)c(F)cc4c2=O)Oc2c-3ccc3ccccc23)C1. The van der Waals surface area contributed by atoms with Crippen LogP contribution in [0.5, 0.6) is 11.5 Å². The molecule has 2 atom stereocenters. The number of fused-ring (bicyclic) bond motifs is 4. The Labute approximate surface area is 294 Å². The second kappa shape index (κ2) is 12.5. The Hall–Kier alpha value is -5.33. The van der Waals surface area contributed by atoms with Gasteiger partial charge >= 0.3 is 12.2 Å². The van der Waals surface area contributed by atoms with Gasteiger partial charge in [-0.15, -0.1) is 0 Å². The number of carbonyl (C=O) groups excluding carboxylic acids is 3. The minimum Gasteiger partial charge on any atom is -0.450 e. The topological polar surface area (TPSA) is 131 Å². The lowest BCUT2D eigenvalue weighted by molar-refractivity contribution is 0.0494. The molecule has 3 aromatic carbocycles. The molecule has 3 aliphatic rings. The number of nitrogens with zero attached hydrogens (tertiary/aromatic N) is 3. The fourth-order valence-corrected chi connectivity index (χ4v) is 7.04. The highest BCUT2D eigenvalue weighted by Gasteiger charge is 2.36. The van der Waals surface area contributed by atoms with E-state index in [-0.39, 0.29) is 47.6 Å². The van der Waals surface area contributed by atoms with Crippen LogP contribution in [-0.2, 0) is 9.47 Å². The number of hydrogen-bond donors (Lipinski definition) is 2. The molecule has 12 nitrogen and oxygen atoms in total. The summed E-state index contributed by atoms with van der Waals surface area (Å²) in [7, 11) is 0. The summed E-state index contributed by atoms with van der Waals surface area (Å²) < 4.78 is 35.6. The van der Waals surface area contributed by atoms with E-state index >= 15 is 4.39 Å². The number of ether oxygens (including phenoxy) is 3. The molecule has 268 valence electrons. The van der Waals surface area contributed by atoms with E-state index in [0.717, 1.165) is 10.8 Å². The maximum Gasteiger partial charge on any atom is 0.407 e. The van der Waals surface area contributed by atoms with Gasteiger partial charge in [0.05, 0.1) is 23.2 Å². The first-order valence-corrected chi connectivity index (χ1v) is 17.2. The maximum atomic E-state index is 16.5. The van der Waals surface area contributed by atoms with Crippen molar-refractivity contribution in [1.29, 1.82) is 0 Å². The van der Waals surface area contributed by atoms with Gasteiger partial charge in [-0.25, -0.2) is 14.0 Å². The molecule has 2 fully saturated rings. The van der Waals surface area contributed by atoms with Crippen molar-refractivity contribution in [2.45, 2.75) is 77.7 Å². The molecule has 0 unspecified atom stereocenters. The van der Waals surface area contributed by atoms with E-state index < -0.39 is 40.5 Å². The Bertz CT molecular complexity index is 2150. The molecule has 0 spiro atoms. The average molecular weight is 700 g/mol. The third kappa shape index (κ3) is 6.64. The van der Waals surface area contributed by atoms with Gasteiger partial charge in [0.1, 0.15) is 28.0 Å². The summed E-state index contributed by atoms with van der Waals surface area (Å²) in [6.45, 7) is 11.9. The number of rotatable bonds is 4. The van der Waals surface area contributed by atoms with Crippen molar-refractivity contribution in [3.05, 3.63) is 70.3 Å². The summed E-state index contributed by atoms with van der Waals surface area (Å²) in [4.78, 5) is 56.4. The van der Waals surface area contributed by atoms with Crippen molar-refractivity contribution in [3.8, 4) is 17.2 Å². The van der Waals surface area contributed by atoms with E-state index in [1.807, 2.05) is 36.4 Å². The van der Waals surface area contributed by atoms with Gasteiger partial charge in [0, 0.05) is 37.8 Å². The van der Waals surface area contributed by atoms with Gasteiger partial charge in [-0.2, -0.15) is 0 Å². The second-order valence-corrected chi connectivity index (χ2v) is 15.4. The zero-order valence-corrected chi connectivity index (χ0v) is 29.6. The zero-order valence-electron chi connectivity index (χ0n) is 29.6. The molecule has 1 aromatic heterocycles. The lowest BCUT2D eigenvalue weighted by Crippen LogP contribution is -2.41. The van der Waals surface area contributed by atoms with Crippen molar-refractivity contribution in [3.63, 3.8) is 0 Å². The summed E-state index contributed by atoms with van der Waals surface area (Å²) >= 11 is 0. The fourth-order valence-electron chi connectivity index (χ4n) is 7.04. The lowest BCUT2D eigenvalue weighted by Gasteiger charge is -2.30. The predicted octanol–water partition coefficient (Wildman–Crippen LogP) is 6.23. The van der Waals surface area contributed by atoms with Gasteiger partial charge in [0.25, 0.3) is 5.91 Å². The molecule has 0 aliphatic carbocycles. The molecule has 3 aliphatic heterocycles. The number of halogens is 1. The lowest BCUT2D eigenvalue weighted by atomic mass is 10.0. The number of benzene rings is 3. The number of nitrogens with one attached hydrogen (secondary N) is 2. The van der Waals surface area contributed by atoms with Crippen LogP contribution in [-0.4, -0.2) is 77.0 Å². The van der Waals surface area contributed by atoms with Crippen molar-refractivity contribution < 1.29 is 33.0 Å². The van der Waals surface area contributed by atoms with Gasteiger partial charge in [-0.1, -0.05) is 30.3 Å². The molecule has 0 saturated carbocycles. The van der Waals surface area contributed by atoms with E-state index in [4.69, 9.17) is 14.2 Å². The van der Waals surface area contributed by atoms with E-state index in [1.165, 1.54) is 17.2 Å². The summed E-state index contributed by atoms with van der Waals surface area (Å²) in [6, 6.07) is 11.9. The Morgan fingerprint density at radius 2 is 1.49 bits per heavy atom. The normalized spacial score (nSPS) is 18.4. The third-order valence-electron chi connectivity index (χ3n) is 9.15. The van der Waals surface area contributed by atoms with Crippen LogP contribution in [0.1, 0.15) is 64.7 Å². The van der Waals surface area contributed by atoms with Crippen molar-refractivity contribution in [2.24, 2.45) is 0 Å². The minimum atomic E-state index is -0.685. The standard InChI is InChI=1S/C38H42FN5O7/c1-37(2,3)50-35(47)40-22-13-15-42(18-22)30-27(39)17-25-29-33(30)49-32-24-10-8-7-9-21(24)11-12-28(32)44(29)20-26(31(25)45)34(46)43-16-14-23(19-43)41-36(48)51-38(4,5)6/h7-12,17,20,22-23H,13-16,18-19H2,1-6H3,(H,40,47)(H,41,48)/t22-,23-/m1/s1. The third-order valence-corrected chi connectivity index (χ3v) is 9.15.